The van der Waals surface area contributed by atoms with Gasteiger partial charge in [0.05, 0.1) is 11.8 Å². The Kier molecular flexibility index (Phi) is 4.61. The standard InChI is InChI=1S/C15H19NO4/c17-13-8-4-1-5-10(13)9-16-14(18)11-6-2-3-7-12(11)15(19)20/h1,4-5,8,11-12,17H,2-3,6-7,9H2,(H,16,18)(H,19,20). The summed E-state index contributed by atoms with van der Waals surface area (Å²) >= 11 is 0. The van der Waals surface area contributed by atoms with Gasteiger partial charge < -0.3 is 15.5 Å². The maximum atomic E-state index is 12.1. The average Bonchev–Trinajstić information content (AvgIpc) is 2.46. The topological polar surface area (TPSA) is 86.6 Å². The second-order valence-corrected chi connectivity index (χ2v) is 5.18. The molecule has 0 aromatic heterocycles. The van der Waals surface area contributed by atoms with Crippen LogP contribution in [0.15, 0.2) is 24.3 Å². The van der Waals surface area contributed by atoms with Gasteiger partial charge in [0, 0.05) is 12.1 Å². The van der Waals surface area contributed by atoms with E-state index in [1.54, 1.807) is 24.3 Å². The lowest BCUT2D eigenvalue weighted by atomic mass is 9.78. The Morgan fingerprint density at radius 1 is 1.15 bits per heavy atom. The monoisotopic (exact) mass is 277 g/mol. The number of carboxylic acids is 1. The number of phenolic OH excluding ortho intramolecular Hbond substituents is 1. The Morgan fingerprint density at radius 3 is 2.45 bits per heavy atom. The summed E-state index contributed by atoms with van der Waals surface area (Å²) in [6.45, 7) is 0.217. The molecule has 0 heterocycles. The van der Waals surface area contributed by atoms with Crippen LogP contribution < -0.4 is 5.32 Å². The third-order valence-corrected chi connectivity index (χ3v) is 3.86. The van der Waals surface area contributed by atoms with Crippen LogP contribution in [-0.4, -0.2) is 22.1 Å². The summed E-state index contributed by atoms with van der Waals surface area (Å²) < 4.78 is 0. The molecule has 1 aliphatic carbocycles. The van der Waals surface area contributed by atoms with Gasteiger partial charge in [0.15, 0.2) is 0 Å². The van der Waals surface area contributed by atoms with Gasteiger partial charge in [0.1, 0.15) is 5.75 Å². The number of carbonyl (C=O) groups is 2. The van der Waals surface area contributed by atoms with E-state index in [1.807, 2.05) is 0 Å². The highest BCUT2D eigenvalue weighted by molar-refractivity contribution is 5.84. The zero-order chi connectivity index (χ0) is 14.5. The van der Waals surface area contributed by atoms with Crippen LogP contribution >= 0.6 is 0 Å². The van der Waals surface area contributed by atoms with Crippen molar-refractivity contribution in [1.82, 2.24) is 5.32 Å². The summed E-state index contributed by atoms with van der Waals surface area (Å²) in [7, 11) is 0. The number of rotatable bonds is 4. The summed E-state index contributed by atoms with van der Waals surface area (Å²) in [5, 5.41) is 21.5. The van der Waals surface area contributed by atoms with Crippen molar-refractivity contribution in [3.8, 4) is 5.75 Å². The van der Waals surface area contributed by atoms with Gasteiger partial charge in [-0.05, 0) is 18.9 Å². The van der Waals surface area contributed by atoms with Crippen LogP contribution in [0.25, 0.3) is 0 Å². The van der Waals surface area contributed by atoms with Crippen molar-refractivity contribution in [2.75, 3.05) is 0 Å². The van der Waals surface area contributed by atoms with Crippen molar-refractivity contribution >= 4 is 11.9 Å². The molecule has 5 nitrogen and oxygen atoms in total. The smallest absolute Gasteiger partial charge is 0.307 e. The molecule has 3 N–H and O–H groups in total. The maximum Gasteiger partial charge on any atom is 0.307 e. The van der Waals surface area contributed by atoms with E-state index in [-0.39, 0.29) is 18.2 Å². The largest absolute Gasteiger partial charge is 0.508 e. The molecule has 20 heavy (non-hydrogen) atoms. The van der Waals surface area contributed by atoms with E-state index in [2.05, 4.69) is 5.32 Å². The SMILES string of the molecule is O=C(O)C1CCCCC1C(=O)NCc1ccccc1O. The number of carbonyl (C=O) groups excluding carboxylic acids is 1. The van der Waals surface area contributed by atoms with E-state index in [9.17, 15) is 14.7 Å². The van der Waals surface area contributed by atoms with Crippen molar-refractivity contribution in [3.05, 3.63) is 29.8 Å². The van der Waals surface area contributed by atoms with Crippen molar-refractivity contribution in [2.24, 2.45) is 11.8 Å². The molecular weight excluding hydrogens is 258 g/mol. The molecule has 5 heteroatoms. The second kappa shape index (κ2) is 6.41. The Balaban J connectivity index is 1.97. The molecule has 1 amide bonds. The number of benzene rings is 1. The van der Waals surface area contributed by atoms with Gasteiger partial charge in [0.25, 0.3) is 0 Å². The molecule has 2 rings (SSSR count). The molecule has 1 saturated carbocycles. The maximum absolute atomic E-state index is 12.1. The second-order valence-electron chi connectivity index (χ2n) is 5.18. The zero-order valence-corrected chi connectivity index (χ0v) is 11.2. The minimum Gasteiger partial charge on any atom is -0.508 e. The lowest BCUT2D eigenvalue weighted by Gasteiger charge is -2.27. The van der Waals surface area contributed by atoms with E-state index in [0.29, 0.717) is 18.4 Å². The first-order valence-corrected chi connectivity index (χ1v) is 6.87. The van der Waals surface area contributed by atoms with E-state index >= 15 is 0 Å². The van der Waals surface area contributed by atoms with Gasteiger partial charge in [-0.2, -0.15) is 0 Å². The summed E-state index contributed by atoms with van der Waals surface area (Å²) in [5.74, 6) is -2.06. The van der Waals surface area contributed by atoms with E-state index in [0.717, 1.165) is 12.8 Å². The number of amides is 1. The van der Waals surface area contributed by atoms with Crippen LogP contribution in [0.4, 0.5) is 0 Å². The van der Waals surface area contributed by atoms with Crippen LogP contribution in [-0.2, 0) is 16.1 Å². The van der Waals surface area contributed by atoms with E-state index in [4.69, 9.17) is 5.11 Å². The van der Waals surface area contributed by atoms with Crippen LogP contribution in [0.3, 0.4) is 0 Å². The average molecular weight is 277 g/mol. The molecule has 0 aliphatic heterocycles. The highest BCUT2D eigenvalue weighted by Crippen LogP contribution is 2.30. The molecule has 0 spiro atoms. The van der Waals surface area contributed by atoms with Crippen LogP contribution in [0.5, 0.6) is 5.75 Å². The Labute approximate surface area is 117 Å². The van der Waals surface area contributed by atoms with Gasteiger partial charge in [-0.3, -0.25) is 9.59 Å². The van der Waals surface area contributed by atoms with Gasteiger partial charge >= 0.3 is 5.97 Å². The number of hydrogen-bond donors (Lipinski definition) is 3. The fraction of sp³-hybridized carbons (Fsp3) is 0.467. The molecule has 1 aromatic rings. The highest BCUT2D eigenvalue weighted by Gasteiger charge is 2.35. The van der Waals surface area contributed by atoms with Crippen molar-refractivity contribution in [1.29, 1.82) is 0 Å². The fourth-order valence-corrected chi connectivity index (χ4v) is 2.71. The number of phenols is 1. The third kappa shape index (κ3) is 3.29. The number of para-hydroxylation sites is 1. The van der Waals surface area contributed by atoms with E-state index < -0.39 is 17.8 Å². The molecule has 2 atom stereocenters. The molecule has 0 saturated heterocycles. The lowest BCUT2D eigenvalue weighted by Crippen LogP contribution is -2.39. The quantitative estimate of drug-likeness (QED) is 0.784. The summed E-state index contributed by atoms with van der Waals surface area (Å²) in [6, 6.07) is 6.78. The minimum absolute atomic E-state index is 0.131. The molecule has 0 radical (unpaired) electrons. The van der Waals surface area contributed by atoms with Gasteiger partial charge in [-0.25, -0.2) is 0 Å². The number of hydrogen-bond acceptors (Lipinski definition) is 3. The number of nitrogens with one attached hydrogen (secondary N) is 1. The van der Waals surface area contributed by atoms with Crippen LogP contribution in [0.1, 0.15) is 31.2 Å². The van der Waals surface area contributed by atoms with Crippen molar-refractivity contribution in [3.63, 3.8) is 0 Å². The molecule has 1 aliphatic rings. The Morgan fingerprint density at radius 2 is 1.80 bits per heavy atom. The van der Waals surface area contributed by atoms with Crippen LogP contribution in [0.2, 0.25) is 0 Å². The summed E-state index contributed by atoms with van der Waals surface area (Å²) in [5.41, 5.74) is 0.628. The zero-order valence-electron chi connectivity index (χ0n) is 11.2. The van der Waals surface area contributed by atoms with Crippen molar-refractivity contribution < 1.29 is 19.8 Å². The third-order valence-electron chi connectivity index (χ3n) is 3.86. The molecular formula is C15H19NO4. The molecule has 1 fully saturated rings. The fourth-order valence-electron chi connectivity index (χ4n) is 2.71. The predicted octanol–water partition coefficient (Wildman–Crippen LogP) is 1.90. The Bertz CT molecular complexity index is 500. The summed E-state index contributed by atoms with van der Waals surface area (Å²) in [4.78, 5) is 23.3. The molecule has 1 aromatic carbocycles. The first-order valence-electron chi connectivity index (χ1n) is 6.87. The van der Waals surface area contributed by atoms with Crippen molar-refractivity contribution in [2.45, 2.75) is 32.2 Å². The highest BCUT2D eigenvalue weighted by atomic mass is 16.4. The molecule has 0 bridgehead atoms. The van der Waals surface area contributed by atoms with Gasteiger partial charge in [-0.1, -0.05) is 31.0 Å². The minimum atomic E-state index is -0.896. The van der Waals surface area contributed by atoms with Gasteiger partial charge in [0.2, 0.25) is 5.91 Å². The number of aromatic hydroxyl groups is 1. The number of carboxylic acid groups (broad SMARTS) is 1. The summed E-state index contributed by atoms with van der Waals surface area (Å²) in [6.07, 6.45) is 2.92. The molecule has 108 valence electrons. The van der Waals surface area contributed by atoms with Crippen LogP contribution in [0, 0.1) is 11.8 Å². The Hall–Kier alpha value is -2.04. The number of aliphatic carboxylic acids is 1. The lowest BCUT2D eigenvalue weighted by molar-refractivity contribution is -0.148. The first kappa shape index (κ1) is 14.4. The van der Waals surface area contributed by atoms with E-state index in [1.165, 1.54) is 0 Å². The molecule has 2 unspecified atom stereocenters. The predicted molar refractivity (Wildman–Crippen MR) is 73.0 cm³/mol. The first-order chi connectivity index (χ1) is 9.59. The van der Waals surface area contributed by atoms with Gasteiger partial charge in [-0.15, -0.1) is 0 Å². The normalized spacial score (nSPS) is 22.2.